The van der Waals surface area contributed by atoms with E-state index in [-0.39, 0.29) is 11.1 Å². The van der Waals surface area contributed by atoms with Gasteiger partial charge in [-0.05, 0) is 33.4 Å². The smallest absolute Gasteiger partial charge is 0.259 e. The summed E-state index contributed by atoms with van der Waals surface area (Å²) in [5.74, 6) is 1.10. The van der Waals surface area contributed by atoms with Crippen LogP contribution in [0, 0.1) is 12.8 Å². The zero-order valence-electron chi connectivity index (χ0n) is 13.2. The Hall–Kier alpha value is -0.920. The van der Waals surface area contributed by atoms with Gasteiger partial charge in [-0.15, -0.1) is 0 Å². The molecule has 1 aromatic rings. The Morgan fingerprint density at radius 3 is 2.40 bits per heavy atom. The molecule has 1 atom stereocenters. The molecule has 1 aromatic heterocycles. The molecule has 0 aliphatic heterocycles. The van der Waals surface area contributed by atoms with Gasteiger partial charge in [-0.2, -0.15) is 0 Å². The summed E-state index contributed by atoms with van der Waals surface area (Å²) in [5, 5.41) is 0.0880. The fourth-order valence-corrected chi connectivity index (χ4v) is 3.38. The van der Waals surface area contributed by atoms with Crippen molar-refractivity contribution in [2.45, 2.75) is 38.3 Å². The van der Waals surface area contributed by atoms with E-state index in [1.54, 1.807) is 24.7 Å². The summed E-state index contributed by atoms with van der Waals surface area (Å²) in [7, 11) is 2.10. The lowest BCUT2D eigenvalue weighted by Gasteiger charge is -2.23. The molecule has 1 N–H and O–H groups in total. The van der Waals surface area contributed by atoms with Gasteiger partial charge in [0.05, 0.1) is 0 Å². The molecule has 0 radical (unpaired) electrons. The molecule has 0 aliphatic rings. The van der Waals surface area contributed by atoms with Crippen molar-refractivity contribution in [2.24, 2.45) is 13.0 Å². The number of hydrogen-bond donors (Lipinski definition) is 1. The second-order valence-electron chi connectivity index (χ2n) is 5.95. The summed E-state index contributed by atoms with van der Waals surface area (Å²) in [5.41, 5.74) is 0. The van der Waals surface area contributed by atoms with Gasteiger partial charge in [-0.25, -0.2) is 18.1 Å². The quantitative estimate of drug-likeness (QED) is 0.815. The Morgan fingerprint density at radius 1 is 1.40 bits per heavy atom. The third-order valence-electron chi connectivity index (χ3n) is 3.03. The van der Waals surface area contributed by atoms with E-state index in [0.29, 0.717) is 18.3 Å². The molecule has 0 amide bonds. The van der Waals surface area contributed by atoms with Crippen LogP contribution in [0.5, 0.6) is 0 Å². The van der Waals surface area contributed by atoms with Crippen molar-refractivity contribution in [2.75, 3.05) is 20.6 Å². The Morgan fingerprint density at radius 2 is 2.00 bits per heavy atom. The van der Waals surface area contributed by atoms with Crippen molar-refractivity contribution < 1.29 is 8.42 Å². The highest BCUT2D eigenvalue weighted by atomic mass is 32.2. The molecule has 0 fully saturated rings. The monoisotopic (exact) mass is 302 g/mol. The number of aromatic nitrogens is 2. The molecule has 6 nitrogen and oxygen atoms in total. The van der Waals surface area contributed by atoms with Gasteiger partial charge >= 0.3 is 0 Å². The van der Waals surface area contributed by atoms with E-state index in [9.17, 15) is 8.42 Å². The van der Waals surface area contributed by atoms with Crippen LogP contribution in [-0.2, 0) is 17.1 Å². The van der Waals surface area contributed by atoms with Crippen molar-refractivity contribution >= 4 is 10.0 Å². The Kier molecular flexibility index (Phi) is 5.73. The summed E-state index contributed by atoms with van der Waals surface area (Å²) in [6, 6.07) is -0.114. The van der Waals surface area contributed by atoms with Gasteiger partial charge < -0.3 is 9.47 Å². The normalized spacial score (nSPS) is 14.2. The number of likely N-dealkylation sites (N-methyl/N-ethyl adjacent to an activating group) is 1. The summed E-state index contributed by atoms with van der Waals surface area (Å²) in [6.07, 6.45) is 2.34. The SMILES string of the molecule is Cc1nc(S(=O)(=O)NC(CC(C)C)CN(C)C)cn1C. The molecule has 0 spiro atoms. The number of sulfonamides is 1. The molecule has 0 bridgehead atoms. The largest absolute Gasteiger partial charge is 0.337 e. The first-order chi connectivity index (χ1) is 9.11. The molecule has 7 heteroatoms. The summed E-state index contributed by atoms with van der Waals surface area (Å²) >= 11 is 0. The maximum absolute atomic E-state index is 12.4. The van der Waals surface area contributed by atoms with E-state index in [4.69, 9.17) is 0 Å². The Balaban J connectivity index is 2.90. The van der Waals surface area contributed by atoms with E-state index in [2.05, 4.69) is 23.6 Å². The summed E-state index contributed by atoms with van der Waals surface area (Å²) in [6.45, 7) is 6.62. The van der Waals surface area contributed by atoms with E-state index in [1.165, 1.54) is 0 Å². The molecule has 0 saturated carbocycles. The number of nitrogens with zero attached hydrogens (tertiary/aromatic N) is 3. The van der Waals surface area contributed by atoms with Crippen molar-refractivity contribution in [3.63, 3.8) is 0 Å². The maximum Gasteiger partial charge on any atom is 0.259 e. The van der Waals surface area contributed by atoms with Gasteiger partial charge in [0, 0.05) is 25.8 Å². The van der Waals surface area contributed by atoms with Gasteiger partial charge in [0.2, 0.25) is 0 Å². The molecule has 1 heterocycles. The Labute approximate surface area is 122 Å². The predicted molar refractivity (Wildman–Crippen MR) is 80.1 cm³/mol. The average Bonchev–Trinajstić information content (AvgIpc) is 2.57. The standard InChI is InChI=1S/C13H26N4O2S/c1-10(2)7-12(8-16(4)5)15-20(18,19)13-9-17(6)11(3)14-13/h9-10,12,15H,7-8H2,1-6H3. The lowest BCUT2D eigenvalue weighted by molar-refractivity contribution is 0.329. The van der Waals surface area contributed by atoms with Crippen LogP contribution in [0.3, 0.4) is 0 Å². The number of aryl methyl sites for hydroxylation is 2. The van der Waals surface area contributed by atoms with Gasteiger partial charge in [0.1, 0.15) is 5.82 Å². The molecule has 116 valence electrons. The molecule has 1 rings (SSSR count). The Bertz CT molecular complexity index is 505. The van der Waals surface area contributed by atoms with E-state index in [0.717, 1.165) is 6.42 Å². The highest BCUT2D eigenvalue weighted by molar-refractivity contribution is 7.89. The molecule has 0 saturated heterocycles. The molecule has 0 aliphatic carbocycles. The van der Waals surface area contributed by atoms with E-state index < -0.39 is 10.0 Å². The maximum atomic E-state index is 12.4. The van der Waals surface area contributed by atoms with Crippen LogP contribution in [0.1, 0.15) is 26.1 Å². The molecular weight excluding hydrogens is 276 g/mol. The number of hydrogen-bond acceptors (Lipinski definition) is 4. The van der Waals surface area contributed by atoms with Gasteiger partial charge in [0.15, 0.2) is 5.03 Å². The first-order valence-corrected chi connectivity index (χ1v) is 8.27. The minimum absolute atomic E-state index is 0.0880. The first-order valence-electron chi connectivity index (χ1n) is 6.79. The van der Waals surface area contributed by atoms with Gasteiger partial charge in [0.25, 0.3) is 10.0 Å². The molecular formula is C13H26N4O2S. The third kappa shape index (κ3) is 4.88. The van der Waals surface area contributed by atoms with Crippen LogP contribution in [0.15, 0.2) is 11.2 Å². The number of nitrogens with one attached hydrogen (secondary N) is 1. The van der Waals surface area contributed by atoms with Crippen molar-refractivity contribution in [1.82, 2.24) is 19.2 Å². The zero-order chi connectivity index (χ0) is 15.5. The number of rotatable bonds is 7. The second-order valence-corrected chi connectivity index (χ2v) is 7.61. The zero-order valence-corrected chi connectivity index (χ0v) is 14.0. The van der Waals surface area contributed by atoms with Crippen LogP contribution in [0.25, 0.3) is 0 Å². The second kappa shape index (κ2) is 6.69. The predicted octanol–water partition coefficient (Wildman–Crippen LogP) is 0.983. The van der Waals surface area contributed by atoms with E-state index >= 15 is 0 Å². The highest BCUT2D eigenvalue weighted by Gasteiger charge is 2.24. The highest BCUT2D eigenvalue weighted by Crippen LogP contribution is 2.12. The summed E-state index contributed by atoms with van der Waals surface area (Å²) < 4.78 is 29.2. The summed E-state index contributed by atoms with van der Waals surface area (Å²) in [4.78, 5) is 6.08. The lowest BCUT2D eigenvalue weighted by atomic mass is 10.0. The van der Waals surface area contributed by atoms with Crippen LogP contribution in [0.2, 0.25) is 0 Å². The minimum atomic E-state index is -3.56. The minimum Gasteiger partial charge on any atom is -0.337 e. The van der Waals surface area contributed by atoms with Crippen LogP contribution in [-0.4, -0.2) is 49.6 Å². The third-order valence-corrected chi connectivity index (χ3v) is 4.42. The van der Waals surface area contributed by atoms with E-state index in [1.807, 2.05) is 19.0 Å². The van der Waals surface area contributed by atoms with Gasteiger partial charge in [-0.3, -0.25) is 0 Å². The van der Waals surface area contributed by atoms with Crippen molar-refractivity contribution in [1.29, 1.82) is 0 Å². The average molecular weight is 302 g/mol. The van der Waals surface area contributed by atoms with Crippen LogP contribution >= 0.6 is 0 Å². The first kappa shape index (κ1) is 17.1. The van der Waals surface area contributed by atoms with Crippen LogP contribution < -0.4 is 4.72 Å². The molecule has 0 aromatic carbocycles. The topological polar surface area (TPSA) is 67.2 Å². The fraction of sp³-hybridized carbons (Fsp3) is 0.769. The molecule has 20 heavy (non-hydrogen) atoms. The van der Waals surface area contributed by atoms with Gasteiger partial charge in [-0.1, -0.05) is 13.8 Å². The van der Waals surface area contributed by atoms with Crippen molar-refractivity contribution in [3.05, 3.63) is 12.0 Å². The number of imidazole rings is 1. The van der Waals surface area contributed by atoms with Crippen molar-refractivity contribution in [3.8, 4) is 0 Å². The fourth-order valence-electron chi connectivity index (χ4n) is 2.11. The van der Waals surface area contributed by atoms with Crippen LogP contribution in [0.4, 0.5) is 0 Å². The lowest BCUT2D eigenvalue weighted by Crippen LogP contribution is -2.42. The molecule has 1 unspecified atom stereocenters.